The van der Waals surface area contributed by atoms with Crippen molar-refractivity contribution in [2.75, 3.05) is 0 Å². The van der Waals surface area contributed by atoms with Crippen LogP contribution in [0.4, 0.5) is 5.69 Å². The van der Waals surface area contributed by atoms with Gasteiger partial charge in [0.25, 0.3) is 5.69 Å². The minimum atomic E-state index is -0.478. The van der Waals surface area contributed by atoms with Gasteiger partial charge in [0.1, 0.15) is 5.15 Å². The first kappa shape index (κ1) is 11.8. The molecule has 0 fully saturated rings. The van der Waals surface area contributed by atoms with E-state index in [0.29, 0.717) is 11.3 Å². The quantitative estimate of drug-likeness (QED) is 0.363. The molecular weight excluding hydrogens is 265 g/mol. The van der Waals surface area contributed by atoms with Crippen LogP contribution < -0.4 is 0 Å². The van der Waals surface area contributed by atoms with Gasteiger partial charge in [-0.25, -0.2) is 9.97 Å². The van der Waals surface area contributed by atoms with Crippen molar-refractivity contribution in [1.82, 2.24) is 9.97 Å². The fourth-order valence-corrected chi connectivity index (χ4v) is 1.73. The Balaban J connectivity index is 2.52. The predicted molar refractivity (Wildman–Crippen MR) is 64.1 cm³/mol. The van der Waals surface area contributed by atoms with Crippen LogP contribution in [0.25, 0.3) is 11.3 Å². The first-order valence-electron chi connectivity index (χ1n) is 4.51. The number of hydrogen-bond donors (Lipinski definition) is 0. The lowest BCUT2D eigenvalue weighted by molar-refractivity contribution is -0.384. The monoisotopic (exact) mass is 269 g/mol. The van der Waals surface area contributed by atoms with Crippen molar-refractivity contribution in [2.24, 2.45) is 0 Å². The first-order chi connectivity index (χ1) is 8.06. The van der Waals surface area contributed by atoms with Crippen molar-refractivity contribution >= 4 is 28.9 Å². The van der Waals surface area contributed by atoms with Gasteiger partial charge < -0.3 is 0 Å². The highest BCUT2D eigenvalue weighted by molar-refractivity contribution is 6.32. The fraction of sp³-hybridized carbons (Fsp3) is 0. The number of halogens is 2. The molecule has 1 aromatic carbocycles. The minimum Gasteiger partial charge on any atom is -0.258 e. The molecule has 0 radical (unpaired) electrons. The molecule has 17 heavy (non-hydrogen) atoms. The maximum Gasteiger partial charge on any atom is 0.270 e. The van der Waals surface area contributed by atoms with Crippen LogP contribution in [0.5, 0.6) is 0 Å². The largest absolute Gasteiger partial charge is 0.270 e. The van der Waals surface area contributed by atoms with Crippen LogP contribution >= 0.6 is 23.2 Å². The van der Waals surface area contributed by atoms with E-state index in [9.17, 15) is 10.1 Å². The molecule has 0 aliphatic carbocycles. The molecule has 0 aliphatic heterocycles. The fourth-order valence-electron chi connectivity index (χ4n) is 1.32. The molecule has 2 aromatic rings. The number of rotatable bonds is 2. The maximum absolute atomic E-state index is 10.6. The van der Waals surface area contributed by atoms with E-state index in [1.54, 1.807) is 12.1 Å². The lowest BCUT2D eigenvalue weighted by Gasteiger charge is -2.01. The summed E-state index contributed by atoms with van der Waals surface area (Å²) in [5.74, 6) is 0. The minimum absolute atomic E-state index is 0.000920. The Kier molecular flexibility index (Phi) is 3.21. The molecule has 0 amide bonds. The summed E-state index contributed by atoms with van der Waals surface area (Å²) < 4.78 is 0. The van der Waals surface area contributed by atoms with Crippen molar-refractivity contribution in [1.29, 1.82) is 0 Å². The van der Waals surface area contributed by atoms with E-state index in [-0.39, 0.29) is 16.1 Å². The van der Waals surface area contributed by atoms with E-state index in [1.807, 2.05) is 0 Å². The summed E-state index contributed by atoms with van der Waals surface area (Å²) in [6.07, 6.45) is 0. The lowest BCUT2D eigenvalue weighted by atomic mass is 10.1. The number of nitrogens with zero attached hydrogens (tertiary/aromatic N) is 3. The second kappa shape index (κ2) is 4.65. The highest BCUT2D eigenvalue weighted by Crippen LogP contribution is 2.24. The Morgan fingerprint density at radius 2 is 1.94 bits per heavy atom. The maximum atomic E-state index is 10.6. The molecule has 0 unspecified atom stereocenters. The second-order valence-electron chi connectivity index (χ2n) is 3.15. The average molecular weight is 270 g/mol. The third kappa shape index (κ3) is 2.69. The molecule has 86 valence electrons. The molecule has 1 heterocycles. The number of hydrogen-bond acceptors (Lipinski definition) is 4. The summed E-state index contributed by atoms with van der Waals surface area (Å²) in [4.78, 5) is 17.8. The summed E-state index contributed by atoms with van der Waals surface area (Å²) in [7, 11) is 0. The molecule has 0 spiro atoms. The van der Waals surface area contributed by atoms with Gasteiger partial charge in [0.15, 0.2) is 0 Å². The van der Waals surface area contributed by atoms with Gasteiger partial charge in [-0.2, -0.15) is 0 Å². The Morgan fingerprint density at radius 1 is 1.18 bits per heavy atom. The van der Waals surface area contributed by atoms with Crippen LogP contribution in [0.1, 0.15) is 0 Å². The molecule has 0 atom stereocenters. The molecular formula is C10H5Cl2N3O2. The first-order valence-corrected chi connectivity index (χ1v) is 5.27. The van der Waals surface area contributed by atoms with E-state index in [4.69, 9.17) is 23.2 Å². The zero-order valence-corrected chi connectivity index (χ0v) is 9.81. The summed E-state index contributed by atoms with van der Waals surface area (Å²) in [5, 5.41) is 10.8. The molecule has 5 nitrogen and oxygen atoms in total. The molecule has 0 aliphatic rings. The van der Waals surface area contributed by atoms with E-state index in [0.717, 1.165) is 0 Å². The molecule has 0 saturated heterocycles. The van der Waals surface area contributed by atoms with Gasteiger partial charge in [-0.15, -0.1) is 0 Å². The van der Waals surface area contributed by atoms with Crippen LogP contribution in [0.15, 0.2) is 30.3 Å². The Bertz CT molecular complexity index is 569. The SMILES string of the molecule is O=[N+]([O-])c1cccc(-c2cc(Cl)nc(Cl)n2)c1. The second-order valence-corrected chi connectivity index (χ2v) is 3.88. The standard InChI is InChI=1S/C10H5Cl2N3O2/c11-9-5-8(13-10(12)14-9)6-2-1-3-7(4-6)15(16)17/h1-5H. The van der Waals surface area contributed by atoms with Gasteiger partial charge in [0.05, 0.1) is 10.6 Å². The summed E-state index contributed by atoms with van der Waals surface area (Å²) in [5.41, 5.74) is 0.984. The lowest BCUT2D eigenvalue weighted by Crippen LogP contribution is -1.91. The molecule has 0 N–H and O–H groups in total. The zero-order valence-electron chi connectivity index (χ0n) is 8.30. The topological polar surface area (TPSA) is 68.9 Å². The highest BCUT2D eigenvalue weighted by atomic mass is 35.5. The van der Waals surface area contributed by atoms with Crippen LogP contribution in [0.3, 0.4) is 0 Å². The third-order valence-corrected chi connectivity index (χ3v) is 2.38. The normalized spacial score (nSPS) is 10.2. The number of non-ortho nitro benzene ring substituents is 1. The Labute approximate surface area is 106 Å². The molecule has 0 bridgehead atoms. The van der Waals surface area contributed by atoms with E-state index in [2.05, 4.69) is 9.97 Å². The number of benzene rings is 1. The van der Waals surface area contributed by atoms with E-state index < -0.39 is 4.92 Å². The predicted octanol–water partition coefficient (Wildman–Crippen LogP) is 3.36. The van der Waals surface area contributed by atoms with Crippen molar-refractivity contribution in [3.05, 3.63) is 50.9 Å². The molecule has 1 aromatic heterocycles. The Hall–Kier alpha value is -1.72. The third-order valence-electron chi connectivity index (χ3n) is 2.02. The summed E-state index contributed by atoms with van der Waals surface area (Å²) in [6.45, 7) is 0. The smallest absolute Gasteiger partial charge is 0.258 e. The zero-order chi connectivity index (χ0) is 12.4. The van der Waals surface area contributed by atoms with Crippen molar-refractivity contribution in [3.63, 3.8) is 0 Å². The summed E-state index contributed by atoms with van der Waals surface area (Å²) >= 11 is 11.4. The van der Waals surface area contributed by atoms with Gasteiger partial charge >= 0.3 is 0 Å². The highest BCUT2D eigenvalue weighted by Gasteiger charge is 2.09. The van der Waals surface area contributed by atoms with Gasteiger partial charge in [-0.1, -0.05) is 23.7 Å². The average Bonchev–Trinajstić information content (AvgIpc) is 2.28. The summed E-state index contributed by atoms with van der Waals surface area (Å²) in [6, 6.07) is 7.54. The van der Waals surface area contributed by atoms with Gasteiger partial charge in [0, 0.05) is 23.8 Å². The van der Waals surface area contributed by atoms with Crippen LogP contribution in [0.2, 0.25) is 10.4 Å². The number of nitro benzene ring substituents is 1. The van der Waals surface area contributed by atoms with E-state index in [1.165, 1.54) is 18.2 Å². The van der Waals surface area contributed by atoms with Crippen LogP contribution in [-0.2, 0) is 0 Å². The van der Waals surface area contributed by atoms with Gasteiger partial charge in [-0.3, -0.25) is 10.1 Å². The van der Waals surface area contributed by atoms with Crippen LogP contribution in [-0.4, -0.2) is 14.9 Å². The van der Waals surface area contributed by atoms with Gasteiger partial charge in [-0.05, 0) is 11.6 Å². The van der Waals surface area contributed by atoms with Crippen molar-refractivity contribution < 1.29 is 4.92 Å². The van der Waals surface area contributed by atoms with Gasteiger partial charge in [0.2, 0.25) is 5.28 Å². The van der Waals surface area contributed by atoms with E-state index >= 15 is 0 Å². The Morgan fingerprint density at radius 3 is 2.59 bits per heavy atom. The number of aromatic nitrogens is 2. The molecule has 7 heteroatoms. The molecule has 2 rings (SSSR count). The number of nitro groups is 1. The van der Waals surface area contributed by atoms with Crippen molar-refractivity contribution in [2.45, 2.75) is 0 Å². The van der Waals surface area contributed by atoms with Crippen molar-refractivity contribution in [3.8, 4) is 11.3 Å². The molecule has 0 saturated carbocycles. The van der Waals surface area contributed by atoms with Crippen LogP contribution in [0, 0.1) is 10.1 Å².